The lowest BCUT2D eigenvalue weighted by Gasteiger charge is -2.26. The van der Waals surface area contributed by atoms with Crippen LogP contribution >= 0.6 is 27.5 Å². The molecule has 0 radical (unpaired) electrons. The van der Waals surface area contributed by atoms with E-state index in [4.69, 9.17) is 16.6 Å². The van der Waals surface area contributed by atoms with Crippen LogP contribution in [0.5, 0.6) is 0 Å². The highest BCUT2D eigenvalue weighted by Gasteiger charge is 2.25. The highest BCUT2D eigenvalue weighted by molar-refractivity contribution is 9.10. The van der Waals surface area contributed by atoms with E-state index in [1.54, 1.807) is 0 Å². The molecule has 3 nitrogen and oxygen atoms in total. The molecule has 4 aromatic rings. The number of hydrogen-bond acceptors (Lipinski definition) is 2. The fraction of sp³-hybridized carbons (Fsp3) is 0.0455. The molecule has 1 aliphatic heterocycles. The van der Waals surface area contributed by atoms with Crippen LogP contribution in [0.3, 0.4) is 0 Å². The Labute approximate surface area is 170 Å². The van der Waals surface area contributed by atoms with Crippen molar-refractivity contribution in [2.45, 2.75) is 6.04 Å². The lowest BCUT2D eigenvalue weighted by atomic mass is 10.0. The zero-order valence-electron chi connectivity index (χ0n) is 14.2. The van der Waals surface area contributed by atoms with Gasteiger partial charge in [0.15, 0.2) is 0 Å². The van der Waals surface area contributed by atoms with Crippen molar-refractivity contribution in [2.75, 3.05) is 5.32 Å². The first-order chi connectivity index (χ1) is 13.2. The molecule has 0 saturated carbocycles. The van der Waals surface area contributed by atoms with Crippen molar-refractivity contribution in [1.29, 1.82) is 0 Å². The molecule has 3 aromatic carbocycles. The number of imidazole rings is 1. The maximum absolute atomic E-state index is 6.07. The fourth-order valence-electron chi connectivity index (χ4n) is 3.54. The lowest BCUT2D eigenvalue weighted by Crippen LogP contribution is -2.19. The van der Waals surface area contributed by atoms with E-state index in [1.807, 2.05) is 48.5 Å². The number of fused-ring (bicyclic) bond motifs is 3. The van der Waals surface area contributed by atoms with E-state index in [0.29, 0.717) is 0 Å². The van der Waals surface area contributed by atoms with E-state index in [0.717, 1.165) is 37.7 Å². The Morgan fingerprint density at radius 1 is 0.963 bits per heavy atom. The maximum atomic E-state index is 6.07. The molecule has 0 spiro atoms. The standard InChI is InChI=1S/C22H15BrClN3/c23-16-5-3-4-15(12-16)21-13-19(14-8-10-17(24)11-9-14)26-22-25-18-6-1-2-7-20(18)27(21)22/h1-13,21H,(H,25,26). The van der Waals surface area contributed by atoms with Gasteiger partial charge in [0.25, 0.3) is 0 Å². The summed E-state index contributed by atoms with van der Waals surface area (Å²) in [5, 5.41) is 4.22. The van der Waals surface area contributed by atoms with E-state index < -0.39 is 0 Å². The Morgan fingerprint density at radius 2 is 1.78 bits per heavy atom. The molecule has 0 bridgehead atoms. The minimum absolute atomic E-state index is 0.0387. The van der Waals surface area contributed by atoms with Crippen LogP contribution in [0.25, 0.3) is 16.7 Å². The Bertz CT molecular complexity index is 1180. The zero-order chi connectivity index (χ0) is 18.4. The van der Waals surface area contributed by atoms with Crippen molar-refractivity contribution in [2.24, 2.45) is 0 Å². The van der Waals surface area contributed by atoms with Crippen LogP contribution in [-0.4, -0.2) is 9.55 Å². The molecule has 0 saturated heterocycles. The average Bonchev–Trinajstić information content (AvgIpc) is 3.06. The Balaban J connectivity index is 1.72. The summed E-state index contributed by atoms with van der Waals surface area (Å²) in [6.07, 6.45) is 2.24. The highest BCUT2D eigenvalue weighted by Crippen LogP contribution is 2.37. The number of aromatic nitrogens is 2. The molecular formula is C22H15BrClN3. The SMILES string of the molecule is Clc1ccc(C2=CC(c3cccc(Br)c3)n3c(nc4ccccc43)N2)cc1. The van der Waals surface area contributed by atoms with Crippen molar-refractivity contribution < 1.29 is 0 Å². The third-order valence-corrected chi connectivity index (χ3v) is 5.54. The molecule has 132 valence electrons. The Hall–Kier alpha value is -2.56. The minimum Gasteiger partial charge on any atom is -0.325 e. The van der Waals surface area contributed by atoms with Gasteiger partial charge in [-0.1, -0.05) is 63.9 Å². The van der Waals surface area contributed by atoms with Crippen molar-refractivity contribution in [1.82, 2.24) is 9.55 Å². The van der Waals surface area contributed by atoms with Gasteiger partial charge in [-0.15, -0.1) is 0 Å². The summed E-state index contributed by atoms with van der Waals surface area (Å²) in [5.41, 5.74) is 5.39. The molecule has 5 rings (SSSR count). The van der Waals surface area contributed by atoms with Crippen molar-refractivity contribution >= 4 is 50.2 Å². The van der Waals surface area contributed by atoms with Gasteiger partial charge < -0.3 is 5.32 Å². The number of allylic oxidation sites excluding steroid dienone is 1. The first kappa shape index (κ1) is 16.6. The number of benzene rings is 3. The van der Waals surface area contributed by atoms with Crippen molar-refractivity contribution in [3.63, 3.8) is 0 Å². The van der Waals surface area contributed by atoms with E-state index >= 15 is 0 Å². The predicted molar refractivity (Wildman–Crippen MR) is 115 cm³/mol. The van der Waals surface area contributed by atoms with Crippen molar-refractivity contribution in [3.05, 3.63) is 99.5 Å². The lowest BCUT2D eigenvalue weighted by molar-refractivity contribution is 0.720. The molecule has 1 aliphatic rings. The molecule has 27 heavy (non-hydrogen) atoms. The number of hydrogen-bond donors (Lipinski definition) is 1. The molecule has 0 aliphatic carbocycles. The molecule has 0 fully saturated rings. The highest BCUT2D eigenvalue weighted by atomic mass is 79.9. The number of halogens is 2. The third kappa shape index (κ3) is 2.95. The molecular weight excluding hydrogens is 422 g/mol. The van der Waals surface area contributed by atoms with Crippen LogP contribution in [0.15, 0.2) is 83.3 Å². The van der Waals surface area contributed by atoms with Crippen LogP contribution in [0.1, 0.15) is 17.2 Å². The summed E-state index contributed by atoms with van der Waals surface area (Å²) < 4.78 is 3.31. The van der Waals surface area contributed by atoms with Crippen molar-refractivity contribution in [3.8, 4) is 0 Å². The summed E-state index contributed by atoms with van der Waals surface area (Å²) >= 11 is 9.67. The number of rotatable bonds is 2. The smallest absolute Gasteiger partial charge is 0.209 e. The van der Waals surface area contributed by atoms with Gasteiger partial charge in [-0.05, 0) is 53.6 Å². The summed E-state index contributed by atoms with van der Waals surface area (Å²) in [6.45, 7) is 0. The molecule has 1 unspecified atom stereocenters. The monoisotopic (exact) mass is 435 g/mol. The van der Waals surface area contributed by atoms with Gasteiger partial charge in [0.05, 0.1) is 17.1 Å². The molecule has 1 N–H and O–H groups in total. The van der Waals surface area contributed by atoms with E-state index in [2.05, 4.69) is 56.2 Å². The zero-order valence-corrected chi connectivity index (χ0v) is 16.6. The first-order valence-corrected chi connectivity index (χ1v) is 9.83. The van der Waals surface area contributed by atoms with Crippen LogP contribution in [-0.2, 0) is 0 Å². The minimum atomic E-state index is 0.0387. The molecule has 0 amide bonds. The molecule has 1 atom stereocenters. The van der Waals surface area contributed by atoms with Crippen LogP contribution in [0, 0.1) is 0 Å². The van der Waals surface area contributed by atoms with E-state index in [9.17, 15) is 0 Å². The number of anilines is 1. The first-order valence-electron chi connectivity index (χ1n) is 8.66. The number of nitrogens with one attached hydrogen (secondary N) is 1. The fourth-order valence-corrected chi connectivity index (χ4v) is 4.09. The second-order valence-electron chi connectivity index (χ2n) is 6.51. The summed E-state index contributed by atoms with van der Waals surface area (Å²) in [4.78, 5) is 4.82. The summed E-state index contributed by atoms with van der Waals surface area (Å²) in [7, 11) is 0. The molecule has 2 heterocycles. The van der Waals surface area contributed by atoms with E-state index in [-0.39, 0.29) is 6.04 Å². The Kier molecular flexibility index (Phi) is 4.03. The van der Waals surface area contributed by atoms with Gasteiger partial charge in [0.2, 0.25) is 5.95 Å². The van der Waals surface area contributed by atoms with Gasteiger partial charge in [-0.2, -0.15) is 0 Å². The largest absolute Gasteiger partial charge is 0.325 e. The summed E-state index contributed by atoms with van der Waals surface area (Å²) in [5.74, 6) is 0.841. The molecule has 5 heteroatoms. The van der Waals surface area contributed by atoms with Gasteiger partial charge in [0.1, 0.15) is 0 Å². The van der Waals surface area contributed by atoms with E-state index in [1.165, 1.54) is 5.56 Å². The van der Waals surface area contributed by atoms with Gasteiger partial charge >= 0.3 is 0 Å². The van der Waals surface area contributed by atoms with Gasteiger partial charge in [-0.25, -0.2) is 4.98 Å². The predicted octanol–water partition coefficient (Wildman–Crippen LogP) is 6.51. The maximum Gasteiger partial charge on any atom is 0.209 e. The number of nitrogens with zero attached hydrogens (tertiary/aromatic N) is 2. The van der Waals surface area contributed by atoms with Crippen LogP contribution < -0.4 is 5.32 Å². The van der Waals surface area contributed by atoms with Crippen LogP contribution in [0.4, 0.5) is 5.95 Å². The topological polar surface area (TPSA) is 29.9 Å². The third-order valence-electron chi connectivity index (χ3n) is 4.79. The van der Waals surface area contributed by atoms with Gasteiger partial charge in [0, 0.05) is 15.2 Å². The normalized spacial score (nSPS) is 15.9. The second kappa shape index (κ2) is 6.55. The second-order valence-corrected chi connectivity index (χ2v) is 7.86. The quantitative estimate of drug-likeness (QED) is 0.388. The van der Waals surface area contributed by atoms with Gasteiger partial charge in [-0.3, -0.25) is 4.57 Å². The Morgan fingerprint density at radius 3 is 2.59 bits per heavy atom. The average molecular weight is 437 g/mol. The molecule has 1 aromatic heterocycles. The number of para-hydroxylation sites is 2. The van der Waals surface area contributed by atoms with Crippen LogP contribution in [0.2, 0.25) is 5.02 Å². The summed E-state index contributed by atoms with van der Waals surface area (Å²) in [6, 6.07) is 24.5.